The maximum Gasteiger partial charge on any atom is 0.290 e. The SMILES string of the molecule is Cc1ccccc1N[C@H]1SC(=O)N(CCN2C(=O)c3ccccc3C2=O)C1=O. The lowest BCUT2D eigenvalue weighted by Crippen LogP contribution is -2.41. The van der Waals surface area contributed by atoms with E-state index in [9.17, 15) is 19.2 Å². The van der Waals surface area contributed by atoms with Crippen LogP contribution in [0.4, 0.5) is 10.5 Å². The second kappa shape index (κ2) is 7.12. The van der Waals surface area contributed by atoms with Crippen LogP contribution in [-0.4, -0.2) is 51.2 Å². The zero-order chi connectivity index (χ0) is 19.8. The van der Waals surface area contributed by atoms with Gasteiger partial charge >= 0.3 is 0 Å². The number of carbonyl (C=O) groups excluding carboxylic acids is 4. The number of rotatable bonds is 5. The third-order valence-corrected chi connectivity index (χ3v) is 5.76. The van der Waals surface area contributed by atoms with E-state index < -0.39 is 22.4 Å². The first-order valence-electron chi connectivity index (χ1n) is 8.77. The highest BCUT2D eigenvalue weighted by atomic mass is 32.2. The molecule has 1 atom stereocenters. The van der Waals surface area contributed by atoms with Gasteiger partial charge in [-0.05, 0) is 42.4 Å². The Balaban J connectivity index is 1.43. The molecule has 1 saturated heterocycles. The van der Waals surface area contributed by atoms with Gasteiger partial charge in [0.2, 0.25) is 0 Å². The predicted molar refractivity (Wildman–Crippen MR) is 105 cm³/mol. The number of imide groups is 2. The predicted octanol–water partition coefficient (Wildman–Crippen LogP) is 2.72. The van der Waals surface area contributed by atoms with Gasteiger partial charge in [0.25, 0.3) is 23.0 Å². The molecule has 0 aromatic heterocycles. The summed E-state index contributed by atoms with van der Waals surface area (Å²) in [6.45, 7) is 1.86. The molecule has 7 nitrogen and oxygen atoms in total. The second-order valence-corrected chi connectivity index (χ2v) is 7.58. The van der Waals surface area contributed by atoms with Crippen molar-refractivity contribution in [3.63, 3.8) is 0 Å². The molecule has 0 radical (unpaired) electrons. The number of hydrogen-bond donors (Lipinski definition) is 1. The van der Waals surface area contributed by atoms with E-state index >= 15 is 0 Å². The van der Waals surface area contributed by atoms with E-state index in [1.54, 1.807) is 24.3 Å². The monoisotopic (exact) mass is 395 g/mol. The number of hydrogen-bond acceptors (Lipinski definition) is 6. The quantitative estimate of drug-likeness (QED) is 0.784. The maximum atomic E-state index is 12.7. The van der Waals surface area contributed by atoms with Crippen LogP contribution >= 0.6 is 11.8 Å². The topological polar surface area (TPSA) is 86.8 Å². The van der Waals surface area contributed by atoms with E-state index in [-0.39, 0.29) is 19.0 Å². The van der Waals surface area contributed by atoms with Crippen LogP contribution in [0.25, 0.3) is 0 Å². The summed E-state index contributed by atoms with van der Waals surface area (Å²) < 4.78 is 0. The molecular formula is C20H17N3O4S. The smallest absolute Gasteiger partial charge is 0.290 e. The van der Waals surface area contributed by atoms with E-state index in [0.717, 1.165) is 32.8 Å². The maximum absolute atomic E-state index is 12.7. The molecule has 2 aliphatic rings. The zero-order valence-electron chi connectivity index (χ0n) is 15.0. The molecule has 0 bridgehead atoms. The van der Waals surface area contributed by atoms with Crippen molar-refractivity contribution in [2.75, 3.05) is 18.4 Å². The van der Waals surface area contributed by atoms with E-state index in [1.807, 2.05) is 31.2 Å². The molecule has 2 aromatic rings. The fraction of sp³-hybridized carbons (Fsp3) is 0.200. The molecule has 2 heterocycles. The van der Waals surface area contributed by atoms with Crippen molar-refractivity contribution in [2.45, 2.75) is 12.3 Å². The highest BCUT2D eigenvalue weighted by Gasteiger charge is 2.41. The lowest BCUT2D eigenvalue weighted by molar-refractivity contribution is -0.126. The van der Waals surface area contributed by atoms with Gasteiger partial charge in [0.15, 0.2) is 5.37 Å². The summed E-state index contributed by atoms with van der Waals surface area (Å²) in [7, 11) is 0. The van der Waals surface area contributed by atoms with E-state index in [1.165, 1.54) is 0 Å². The number of carbonyl (C=O) groups is 4. The van der Waals surface area contributed by atoms with Crippen LogP contribution in [0.1, 0.15) is 26.3 Å². The number of thioether (sulfide) groups is 1. The number of benzene rings is 2. The Kier molecular flexibility index (Phi) is 4.64. The number of anilines is 1. The van der Waals surface area contributed by atoms with Crippen molar-refractivity contribution < 1.29 is 19.2 Å². The lowest BCUT2D eigenvalue weighted by atomic mass is 10.1. The summed E-state index contributed by atoms with van der Waals surface area (Å²) in [4.78, 5) is 52.0. The fourth-order valence-electron chi connectivity index (χ4n) is 3.26. The molecular weight excluding hydrogens is 378 g/mol. The average molecular weight is 395 g/mol. The van der Waals surface area contributed by atoms with Crippen molar-refractivity contribution in [2.24, 2.45) is 0 Å². The Hall–Kier alpha value is -3.13. The molecule has 28 heavy (non-hydrogen) atoms. The molecule has 142 valence electrons. The molecule has 4 rings (SSSR count). The van der Waals surface area contributed by atoms with Gasteiger partial charge < -0.3 is 5.32 Å². The Morgan fingerprint density at radius 3 is 2.07 bits per heavy atom. The van der Waals surface area contributed by atoms with Crippen molar-refractivity contribution in [3.8, 4) is 0 Å². The standard InChI is InChI=1S/C20H17N3O4S/c1-12-6-2-5-9-15(12)21-16-19(26)23(20(27)28-16)11-10-22-17(24)13-7-3-4-8-14(13)18(22)25/h2-9,16,21H,10-11H2,1H3/t16-/m0/s1. The van der Waals surface area contributed by atoms with E-state index in [0.29, 0.717) is 11.1 Å². The Labute approximate surface area is 165 Å². The molecule has 2 aliphatic heterocycles. The molecule has 1 N–H and O–H groups in total. The highest BCUT2D eigenvalue weighted by Crippen LogP contribution is 2.29. The van der Waals surface area contributed by atoms with Gasteiger partial charge in [0.05, 0.1) is 11.1 Å². The number of para-hydroxylation sites is 1. The zero-order valence-corrected chi connectivity index (χ0v) is 15.9. The van der Waals surface area contributed by atoms with Crippen LogP contribution in [0, 0.1) is 6.92 Å². The second-order valence-electron chi connectivity index (χ2n) is 6.52. The van der Waals surface area contributed by atoms with Crippen molar-refractivity contribution in [3.05, 3.63) is 65.2 Å². The van der Waals surface area contributed by atoms with Gasteiger partial charge in [0.1, 0.15) is 0 Å². The van der Waals surface area contributed by atoms with Crippen LogP contribution in [0.3, 0.4) is 0 Å². The lowest BCUT2D eigenvalue weighted by Gasteiger charge is -2.19. The number of nitrogens with one attached hydrogen (secondary N) is 1. The van der Waals surface area contributed by atoms with Gasteiger partial charge in [0, 0.05) is 18.8 Å². The average Bonchev–Trinajstić information content (AvgIpc) is 3.09. The summed E-state index contributed by atoms with van der Waals surface area (Å²) in [5.41, 5.74) is 2.44. The van der Waals surface area contributed by atoms with E-state index in [2.05, 4.69) is 5.32 Å². The number of amides is 4. The highest BCUT2D eigenvalue weighted by molar-refractivity contribution is 8.15. The summed E-state index contributed by atoms with van der Waals surface area (Å²) >= 11 is 0.895. The van der Waals surface area contributed by atoms with Crippen LogP contribution in [0.15, 0.2) is 48.5 Å². The molecule has 2 aromatic carbocycles. The van der Waals surface area contributed by atoms with Gasteiger partial charge in [-0.1, -0.05) is 30.3 Å². The van der Waals surface area contributed by atoms with E-state index in [4.69, 9.17) is 0 Å². The largest absolute Gasteiger partial charge is 0.365 e. The normalized spacial score (nSPS) is 18.8. The van der Waals surface area contributed by atoms with Crippen LogP contribution in [-0.2, 0) is 4.79 Å². The minimum Gasteiger partial charge on any atom is -0.365 e. The Morgan fingerprint density at radius 1 is 0.857 bits per heavy atom. The van der Waals surface area contributed by atoms with Crippen LogP contribution in [0.2, 0.25) is 0 Å². The molecule has 4 amide bonds. The molecule has 0 saturated carbocycles. The number of aryl methyl sites for hydroxylation is 1. The van der Waals surface area contributed by atoms with Crippen LogP contribution in [0.5, 0.6) is 0 Å². The molecule has 0 aliphatic carbocycles. The van der Waals surface area contributed by atoms with Crippen molar-refractivity contribution >= 4 is 40.4 Å². The third kappa shape index (κ3) is 3.05. The summed E-state index contributed by atoms with van der Waals surface area (Å²) in [6.07, 6.45) is 0. The van der Waals surface area contributed by atoms with Gasteiger partial charge in [-0.2, -0.15) is 0 Å². The minimum atomic E-state index is -0.726. The number of nitrogens with zero attached hydrogens (tertiary/aromatic N) is 2. The fourth-order valence-corrected chi connectivity index (χ4v) is 4.18. The Bertz CT molecular complexity index is 971. The molecule has 1 fully saturated rings. The summed E-state index contributed by atoms with van der Waals surface area (Å²) in [6, 6.07) is 14.1. The first-order valence-corrected chi connectivity index (χ1v) is 9.64. The number of fused-ring (bicyclic) bond motifs is 1. The summed E-state index contributed by atoms with van der Waals surface area (Å²) in [5.74, 6) is -1.18. The first kappa shape index (κ1) is 18.2. The van der Waals surface area contributed by atoms with Crippen LogP contribution < -0.4 is 5.32 Å². The molecule has 0 unspecified atom stereocenters. The van der Waals surface area contributed by atoms with Crippen molar-refractivity contribution in [1.82, 2.24) is 9.80 Å². The van der Waals surface area contributed by atoms with Gasteiger partial charge in [-0.3, -0.25) is 29.0 Å². The first-order chi connectivity index (χ1) is 13.5. The molecule has 0 spiro atoms. The van der Waals surface area contributed by atoms with Gasteiger partial charge in [-0.15, -0.1) is 0 Å². The van der Waals surface area contributed by atoms with Crippen molar-refractivity contribution in [1.29, 1.82) is 0 Å². The third-order valence-electron chi connectivity index (χ3n) is 4.79. The molecule has 8 heteroatoms. The van der Waals surface area contributed by atoms with Gasteiger partial charge in [-0.25, -0.2) is 0 Å². The minimum absolute atomic E-state index is 0.0257. The Morgan fingerprint density at radius 2 is 1.43 bits per heavy atom. The summed E-state index contributed by atoms with van der Waals surface area (Å²) in [5, 5.41) is 1.96.